The smallest absolute Gasteiger partial charge is 0.0768 e. The molecule has 0 saturated carbocycles. The second kappa shape index (κ2) is 3.90. The Kier molecular flexibility index (Phi) is 2.62. The van der Waals surface area contributed by atoms with E-state index in [1.54, 1.807) is 0 Å². The quantitative estimate of drug-likeness (QED) is 0.748. The van der Waals surface area contributed by atoms with Crippen molar-refractivity contribution in [2.24, 2.45) is 5.73 Å². The molecular weight excluding hydrogens is 162 g/mol. The van der Waals surface area contributed by atoms with Crippen molar-refractivity contribution in [1.29, 1.82) is 0 Å². The van der Waals surface area contributed by atoms with Gasteiger partial charge < -0.3 is 10.5 Å². The topological polar surface area (TPSA) is 35.2 Å². The summed E-state index contributed by atoms with van der Waals surface area (Å²) in [5.41, 5.74) is 7.25. The van der Waals surface area contributed by atoms with Crippen LogP contribution in [-0.2, 0) is 4.74 Å². The van der Waals surface area contributed by atoms with Gasteiger partial charge in [0.25, 0.3) is 0 Å². The zero-order valence-corrected chi connectivity index (χ0v) is 7.65. The first-order valence-corrected chi connectivity index (χ1v) is 4.80. The monoisotopic (exact) mass is 177 g/mol. The molecule has 0 amide bonds. The van der Waals surface area contributed by atoms with Crippen molar-refractivity contribution in [1.82, 2.24) is 0 Å². The van der Waals surface area contributed by atoms with Crippen molar-refractivity contribution >= 4 is 0 Å². The van der Waals surface area contributed by atoms with Crippen LogP contribution >= 0.6 is 0 Å². The highest BCUT2D eigenvalue weighted by Crippen LogP contribution is 2.24. The summed E-state index contributed by atoms with van der Waals surface area (Å²) >= 11 is 0. The van der Waals surface area contributed by atoms with E-state index in [-0.39, 0.29) is 12.1 Å². The van der Waals surface area contributed by atoms with Crippen molar-refractivity contribution in [3.8, 4) is 0 Å². The molecular formula is C11H15NO. The van der Waals surface area contributed by atoms with Gasteiger partial charge in [-0.25, -0.2) is 0 Å². The minimum atomic E-state index is 0.0451. The lowest BCUT2D eigenvalue weighted by Crippen LogP contribution is -2.25. The Bertz CT molecular complexity index is 254. The second-order valence-electron chi connectivity index (χ2n) is 3.49. The Balaban J connectivity index is 2.08. The van der Waals surface area contributed by atoms with Crippen molar-refractivity contribution in [3.05, 3.63) is 35.9 Å². The lowest BCUT2D eigenvalue weighted by atomic mass is 10.0. The summed E-state index contributed by atoms with van der Waals surface area (Å²) in [4.78, 5) is 0. The molecule has 1 aromatic carbocycles. The van der Waals surface area contributed by atoms with Crippen molar-refractivity contribution in [2.45, 2.75) is 25.0 Å². The minimum absolute atomic E-state index is 0.0451. The van der Waals surface area contributed by atoms with Gasteiger partial charge in [0.05, 0.1) is 12.1 Å². The summed E-state index contributed by atoms with van der Waals surface area (Å²) in [6.45, 7) is 0.866. The van der Waals surface area contributed by atoms with Crippen LogP contribution < -0.4 is 5.73 Å². The molecule has 13 heavy (non-hydrogen) atoms. The van der Waals surface area contributed by atoms with E-state index in [4.69, 9.17) is 10.5 Å². The van der Waals surface area contributed by atoms with Crippen LogP contribution in [0.2, 0.25) is 0 Å². The molecule has 0 aliphatic carbocycles. The van der Waals surface area contributed by atoms with Gasteiger partial charge in [-0.1, -0.05) is 30.3 Å². The van der Waals surface area contributed by atoms with E-state index in [9.17, 15) is 0 Å². The van der Waals surface area contributed by atoms with E-state index >= 15 is 0 Å². The highest BCUT2D eigenvalue weighted by atomic mass is 16.5. The Hall–Kier alpha value is -0.860. The summed E-state index contributed by atoms with van der Waals surface area (Å²) in [5, 5.41) is 0. The van der Waals surface area contributed by atoms with Gasteiger partial charge in [-0.2, -0.15) is 0 Å². The minimum Gasteiger partial charge on any atom is -0.376 e. The summed E-state index contributed by atoms with van der Waals surface area (Å²) < 4.78 is 5.54. The zero-order chi connectivity index (χ0) is 9.10. The van der Waals surface area contributed by atoms with Gasteiger partial charge >= 0.3 is 0 Å². The molecule has 2 heteroatoms. The Morgan fingerprint density at radius 1 is 1.31 bits per heavy atom. The number of rotatable bonds is 2. The third kappa shape index (κ3) is 1.90. The van der Waals surface area contributed by atoms with Gasteiger partial charge in [0.2, 0.25) is 0 Å². The van der Waals surface area contributed by atoms with E-state index < -0.39 is 0 Å². The molecule has 1 saturated heterocycles. The Morgan fingerprint density at radius 3 is 2.69 bits per heavy atom. The van der Waals surface area contributed by atoms with E-state index in [2.05, 4.69) is 12.1 Å². The number of nitrogens with two attached hydrogens (primary N) is 1. The summed E-state index contributed by atoms with van der Waals surface area (Å²) in [7, 11) is 0. The largest absolute Gasteiger partial charge is 0.376 e. The molecule has 1 fully saturated rings. The maximum absolute atomic E-state index is 6.08. The Labute approximate surface area is 78.7 Å². The van der Waals surface area contributed by atoms with Crippen molar-refractivity contribution in [2.75, 3.05) is 6.61 Å². The first-order valence-electron chi connectivity index (χ1n) is 4.80. The van der Waals surface area contributed by atoms with Crippen LogP contribution in [0.25, 0.3) is 0 Å². The van der Waals surface area contributed by atoms with Crippen LogP contribution in [0, 0.1) is 0 Å². The maximum atomic E-state index is 6.08. The molecule has 2 N–H and O–H groups in total. The molecule has 1 aliphatic heterocycles. The SMILES string of the molecule is N[C@@H](c1ccccc1)[C@H]1CCCO1. The van der Waals surface area contributed by atoms with Crippen LogP contribution in [0.4, 0.5) is 0 Å². The molecule has 0 unspecified atom stereocenters. The highest BCUT2D eigenvalue weighted by Gasteiger charge is 2.23. The fourth-order valence-corrected chi connectivity index (χ4v) is 1.78. The normalized spacial score (nSPS) is 24.5. The van der Waals surface area contributed by atoms with Crippen LogP contribution in [0.1, 0.15) is 24.4 Å². The van der Waals surface area contributed by atoms with E-state index in [1.165, 1.54) is 5.56 Å². The van der Waals surface area contributed by atoms with E-state index in [1.807, 2.05) is 18.2 Å². The number of benzene rings is 1. The molecule has 1 aliphatic rings. The standard InChI is InChI=1S/C11H15NO/c12-11(10-7-4-8-13-10)9-5-2-1-3-6-9/h1-3,5-6,10-11H,4,7-8,12H2/t10-,11+/m1/s1. The van der Waals surface area contributed by atoms with Gasteiger partial charge in [-0.05, 0) is 18.4 Å². The fourth-order valence-electron chi connectivity index (χ4n) is 1.78. The van der Waals surface area contributed by atoms with Gasteiger partial charge in [-0.3, -0.25) is 0 Å². The molecule has 70 valence electrons. The van der Waals surface area contributed by atoms with Crippen LogP contribution in [-0.4, -0.2) is 12.7 Å². The molecule has 2 rings (SSSR count). The number of hydrogen-bond donors (Lipinski definition) is 1. The van der Waals surface area contributed by atoms with Crippen LogP contribution in [0.3, 0.4) is 0 Å². The molecule has 0 bridgehead atoms. The summed E-state index contributed by atoms with van der Waals surface area (Å²) in [5.74, 6) is 0. The van der Waals surface area contributed by atoms with Gasteiger partial charge in [0, 0.05) is 6.61 Å². The van der Waals surface area contributed by atoms with E-state index in [0.717, 1.165) is 19.4 Å². The lowest BCUT2D eigenvalue weighted by Gasteiger charge is -2.18. The second-order valence-corrected chi connectivity index (χ2v) is 3.49. The molecule has 2 atom stereocenters. The van der Waals surface area contributed by atoms with Gasteiger partial charge in [-0.15, -0.1) is 0 Å². The molecule has 1 heterocycles. The van der Waals surface area contributed by atoms with Gasteiger partial charge in [0.15, 0.2) is 0 Å². The third-order valence-electron chi connectivity index (χ3n) is 2.55. The molecule has 1 aromatic rings. The zero-order valence-electron chi connectivity index (χ0n) is 7.65. The van der Waals surface area contributed by atoms with Crippen molar-refractivity contribution < 1.29 is 4.74 Å². The maximum Gasteiger partial charge on any atom is 0.0768 e. The third-order valence-corrected chi connectivity index (χ3v) is 2.55. The number of hydrogen-bond acceptors (Lipinski definition) is 2. The van der Waals surface area contributed by atoms with Crippen molar-refractivity contribution in [3.63, 3.8) is 0 Å². The molecule has 0 aromatic heterocycles. The predicted molar refractivity (Wildman–Crippen MR) is 52.3 cm³/mol. The average Bonchev–Trinajstić information content (AvgIpc) is 2.71. The summed E-state index contributed by atoms with van der Waals surface area (Å²) in [6, 6.07) is 10.2. The van der Waals surface area contributed by atoms with Gasteiger partial charge in [0.1, 0.15) is 0 Å². The Morgan fingerprint density at radius 2 is 2.08 bits per heavy atom. The predicted octanol–water partition coefficient (Wildman–Crippen LogP) is 1.87. The fraction of sp³-hybridized carbons (Fsp3) is 0.455. The van der Waals surface area contributed by atoms with E-state index in [0.29, 0.717) is 0 Å². The number of ether oxygens (including phenoxy) is 1. The highest BCUT2D eigenvalue weighted by molar-refractivity contribution is 5.19. The molecule has 0 radical (unpaired) electrons. The summed E-state index contributed by atoms with van der Waals surface area (Å²) in [6.07, 6.45) is 2.46. The first-order chi connectivity index (χ1) is 6.38. The molecule has 0 spiro atoms. The van der Waals surface area contributed by atoms with Crippen LogP contribution in [0.15, 0.2) is 30.3 Å². The first kappa shape index (κ1) is 8.73. The lowest BCUT2D eigenvalue weighted by molar-refractivity contribution is 0.0900. The molecule has 2 nitrogen and oxygen atoms in total. The average molecular weight is 177 g/mol. The van der Waals surface area contributed by atoms with Crippen LogP contribution in [0.5, 0.6) is 0 Å².